The van der Waals surface area contributed by atoms with Gasteiger partial charge in [-0.1, -0.05) is 41.8 Å². The molecule has 1 N–H and O–H groups in total. The number of carbonyl (C=O) groups excluding carboxylic acids is 2. The molecular weight excluding hydrogens is 407 g/mol. The second-order valence-electron chi connectivity index (χ2n) is 6.49. The van der Waals surface area contributed by atoms with E-state index >= 15 is 0 Å². The molecule has 0 radical (unpaired) electrons. The first-order valence-electron chi connectivity index (χ1n) is 8.49. The lowest BCUT2D eigenvalue weighted by molar-refractivity contribution is -0.384. The zero-order valence-electron chi connectivity index (χ0n) is 14.6. The number of esters is 1. The second-order valence-corrected chi connectivity index (χ2v) is 7.33. The van der Waals surface area contributed by atoms with E-state index in [0.717, 1.165) is 18.1 Å². The number of nitro groups is 1. The Morgan fingerprint density at radius 2 is 1.82 bits per heavy atom. The summed E-state index contributed by atoms with van der Waals surface area (Å²) in [5, 5.41) is 13.8. The van der Waals surface area contributed by atoms with Gasteiger partial charge in [0.05, 0.1) is 21.0 Å². The van der Waals surface area contributed by atoms with Crippen LogP contribution in [0.2, 0.25) is 10.0 Å². The smallest absolute Gasteiger partial charge is 0.317 e. The number of nitrogens with one attached hydrogen (secondary N) is 1. The largest absolute Gasteiger partial charge is 0.455 e. The van der Waals surface area contributed by atoms with Crippen LogP contribution < -0.4 is 5.32 Å². The predicted molar refractivity (Wildman–Crippen MR) is 105 cm³/mol. The topological polar surface area (TPSA) is 98.5 Å². The average molecular weight is 423 g/mol. The minimum atomic E-state index is -0.754. The van der Waals surface area contributed by atoms with E-state index in [1.54, 1.807) is 24.3 Å². The number of anilines is 1. The Bertz CT molecular complexity index is 926. The standard InChI is InChI=1S/C19H16Cl2N2O5/c20-13-4-2-12(3-5-13)19(8-1-9-19)18(25)28-11-17(24)22-16-7-6-14(23(26)27)10-15(16)21/h2-7,10H,1,8-9,11H2,(H,22,24). The summed E-state index contributed by atoms with van der Waals surface area (Å²) < 4.78 is 5.23. The van der Waals surface area contributed by atoms with E-state index in [2.05, 4.69) is 5.32 Å². The Morgan fingerprint density at radius 3 is 2.36 bits per heavy atom. The maximum absolute atomic E-state index is 12.6. The molecule has 0 aromatic heterocycles. The molecule has 2 aromatic rings. The summed E-state index contributed by atoms with van der Waals surface area (Å²) >= 11 is 11.8. The van der Waals surface area contributed by atoms with Crippen molar-refractivity contribution in [2.45, 2.75) is 24.7 Å². The van der Waals surface area contributed by atoms with Gasteiger partial charge >= 0.3 is 5.97 Å². The fraction of sp³-hybridized carbons (Fsp3) is 0.263. The molecule has 1 saturated carbocycles. The highest BCUT2D eigenvalue weighted by molar-refractivity contribution is 6.34. The molecule has 28 heavy (non-hydrogen) atoms. The molecule has 0 bridgehead atoms. The van der Waals surface area contributed by atoms with Gasteiger partial charge in [0.15, 0.2) is 6.61 Å². The Kier molecular flexibility index (Phi) is 5.86. The first-order chi connectivity index (χ1) is 13.3. The molecule has 1 fully saturated rings. The number of benzene rings is 2. The SMILES string of the molecule is O=C(COC(=O)C1(c2ccc(Cl)cc2)CCC1)Nc1ccc([N+](=O)[O-])cc1Cl. The van der Waals surface area contributed by atoms with E-state index in [-0.39, 0.29) is 16.4 Å². The van der Waals surface area contributed by atoms with E-state index in [1.165, 1.54) is 12.1 Å². The molecule has 2 aromatic carbocycles. The number of hydrogen-bond acceptors (Lipinski definition) is 5. The number of halogens is 2. The molecule has 7 nitrogen and oxygen atoms in total. The van der Waals surface area contributed by atoms with Crippen molar-refractivity contribution < 1.29 is 19.2 Å². The van der Waals surface area contributed by atoms with Crippen molar-refractivity contribution in [3.05, 3.63) is 68.2 Å². The van der Waals surface area contributed by atoms with Crippen molar-refractivity contribution in [2.24, 2.45) is 0 Å². The molecule has 3 rings (SSSR count). The van der Waals surface area contributed by atoms with Crippen LogP contribution in [0.25, 0.3) is 0 Å². The van der Waals surface area contributed by atoms with Crippen LogP contribution in [-0.2, 0) is 19.7 Å². The van der Waals surface area contributed by atoms with E-state index in [0.29, 0.717) is 17.9 Å². The molecule has 9 heteroatoms. The Hall–Kier alpha value is -2.64. The van der Waals surface area contributed by atoms with Crippen LogP contribution in [0.1, 0.15) is 24.8 Å². The van der Waals surface area contributed by atoms with Gasteiger partial charge in [-0.3, -0.25) is 19.7 Å². The molecule has 0 spiro atoms. The van der Waals surface area contributed by atoms with E-state index in [9.17, 15) is 19.7 Å². The number of non-ortho nitro benzene ring substituents is 1. The normalized spacial score (nSPS) is 14.6. The fourth-order valence-corrected chi connectivity index (χ4v) is 3.43. The van der Waals surface area contributed by atoms with Crippen molar-refractivity contribution in [1.29, 1.82) is 0 Å². The minimum Gasteiger partial charge on any atom is -0.455 e. The van der Waals surface area contributed by atoms with Crippen LogP contribution in [0.4, 0.5) is 11.4 Å². The van der Waals surface area contributed by atoms with Crippen LogP contribution >= 0.6 is 23.2 Å². The van der Waals surface area contributed by atoms with E-state index in [1.807, 2.05) is 0 Å². The van der Waals surface area contributed by atoms with E-state index in [4.69, 9.17) is 27.9 Å². The molecule has 146 valence electrons. The van der Waals surface area contributed by atoms with Gasteiger partial charge in [-0.25, -0.2) is 0 Å². The molecule has 1 aliphatic carbocycles. The Morgan fingerprint density at radius 1 is 1.14 bits per heavy atom. The third-order valence-corrected chi connectivity index (χ3v) is 5.33. The van der Waals surface area contributed by atoms with Gasteiger partial charge in [-0.2, -0.15) is 0 Å². The van der Waals surface area contributed by atoms with Gasteiger partial charge < -0.3 is 10.1 Å². The first-order valence-corrected chi connectivity index (χ1v) is 9.24. The van der Waals surface area contributed by atoms with Crippen LogP contribution in [0.3, 0.4) is 0 Å². The average Bonchev–Trinajstić information content (AvgIpc) is 2.62. The fourth-order valence-electron chi connectivity index (χ4n) is 3.08. The molecular formula is C19H16Cl2N2O5. The summed E-state index contributed by atoms with van der Waals surface area (Å²) in [7, 11) is 0. The van der Waals surface area contributed by atoms with Crippen molar-refractivity contribution in [2.75, 3.05) is 11.9 Å². The highest BCUT2D eigenvalue weighted by Crippen LogP contribution is 2.45. The van der Waals surface area contributed by atoms with E-state index < -0.39 is 28.8 Å². The maximum atomic E-state index is 12.6. The number of carbonyl (C=O) groups is 2. The van der Waals surface area contributed by atoms with Gasteiger partial charge in [0, 0.05) is 17.2 Å². The van der Waals surface area contributed by atoms with Gasteiger partial charge in [0.1, 0.15) is 0 Å². The lowest BCUT2D eigenvalue weighted by atomic mass is 9.64. The monoisotopic (exact) mass is 422 g/mol. The summed E-state index contributed by atoms with van der Waals surface area (Å²) in [4.78, 5) is 34.9. The molecule has 0 aliphatic heterocycles. The van der Waals surface area contributed by atoms with Crippen LogP contribution in [-0.4, -0.2) is 23.4 Å². The quantitative estimate of drug-likeness (QED) is 0.419. The predicted octanol–water partition coefficient (Wildman–Crippen LogP) is 4.51. The van der Waals surface area contributed by atoms with Crippen LogP contribution in [0.5, 0.6) is 0 Å². The number of nitro benzene ring substituents is 1. The Balaban J connectivity index is 1.62. The summed E-state index contributed by atoms with van der Waals surface area (Å²) in [6, 6.07) is 10.7. The zero-order valence-corrected chi connectivity index (χ0v) is 16.1. The van der Waals surface area contributed by atoms with Gasteiger partial charge in [0.2, 0.25) is 0 Å². The summed E-state index contributed by atoms with van der Waals surface area (Å²) in [6.07, 6.45) is 2.18. The lowest BCUT2D eigenvalue weighted by Crippen LogP contribution is -2.44. The molecule has 1 aliphatic rings. The number of ether oxygens (including phenoxy) is 1. The Labute approximate surface area is 170 Å². The van der Waals surface area contributed by atoms with Gasteiger partial charge in [0.25, 0.3) is 11.6 Å². The molecule has 0 unspecified atom stereocenters. The van der Waals surface area contributed by atoms with Gasteiger partial charge in [-0.05, 0) is 36.6 Å². The minimum absolute atomic E-state index is 0.0190. The first kappa shape index (κ1) is 20.1. The van der Waals surface area contributed by atoms with Crippen molar-refractivity contribution in [3.63, 3.8) is 0 Å². The number of amides is 1. The molecule has 0 heterocycles. The number of hydrogen-bond donors (Lipinski definition) is 1. The summed E-state index contributed by atoms with van der Waals surface area (Å²) in [5.41, 5.74) is 0.0660. The third kappa shape index (κ3) is 4.10. The number of rotatable bonds is 6. The maximum Gasteiger partial charge on any atom is 0.317 e. The second kappa shape index (κ2) is 8.16. The van der Waals surface area contributed by atoms with Crippen LogP contribution in [0.15, 0.2) is 42.5 Å². The van der Waals surface area contributed by atoms with Crippen molar-refractivity contribution in [1.82, 2.24) is 0 Å². The third-order valence-electron chi connectivity index (χ3n) is 4.77. The van der Waals surface area contributed by atoms with Gasteiger partial charge in [-0.15, -0.1) is 0 Å². The summed E-state index contributed by atoms with van der Waals surface area (Å²) in [5.74, 6) is -1.05. The van der Waals surface area contributed by atoms with Crippen molar-refractivity contribution >= 4 is 46.5 Å². The summed E-state index contributed by atoms with van der Waals surface area (Å²) in [6.45, 7) is -0.485. The zero-order chi connectivity index (χ0) is 20.3. The van der Waals surface area contributed by atoms with Crippen LogP contribution in [0, 0.1) is 10.1 Å². The molecule has 0 saturated heterocycles. The molecule has 1 amide bonds. The highest BCUT2D eigenvalue weighted by atomic mass is 35.5. The van der Waals surface area contributed by atoms with Crippen molar-refractivity contribution in [3.8, 4) is 0 Å². The highest BCUT2D eigenvalue weighted by Gasteiger charge is 2.47. The lowest BCUT2D eigenvalue weighted by Gasteiger charge is -2.39. The molecule has 0 atom stereocenters. The number of nitrogens with zero attached hydrogens (tertiary/aromatic N) is 1.